The lowest BCUT2D eigenvalue weighted by molar-refractivity contribution is 0.285. The molecule has 0 fully saturated rings. The zero-order chi connectivity index (χ0) is 12.7. The topological polar surface area (TPSA) is 36.4 Å². The minimum atomic E-state index is -0.0552. The van der Waals surface area contributed by atoms with Crippen molar-refractivity contribution in [1.29, 1.82) is 0 Å². The van der Waals surface area contributed by atoms with Crippen LogP contribution in [0.25, 0.3) is 0 Å². The third kappa shape index (κ3) is 1.81. The Kier molecular flexibility index (Phi) is 3.01. The minimum absolute atomic E-state index is 0.0552. The molecule has 1 atom stereocenters. The van der Waals surface area contributed by atoms with Gasteiger partial charge in [-0.15, -0.1) is 0 Å². The summed E-state index contributed by atoms with van der Waals surface area (Å²) >= 11 is 7.47. The van der Waals surface area contributed by atoms with Gasteiger partial charge in [-0.05, 0) is 25.0 Å². The number of para-hydroxylation sites is 1. The van der Waals surface area contributed by atoms with Crippen LogP contribution in [0.1, 0.15) is 17.4 Å². The lowest BCUT2D eigenvalue weighted by Crippen LogP contribution is -2.23. The molecule has 3 rings (SSSR count). The van der Waals surface area contributed by atoms with Gasteiger partial charge >= 0.3 is 0 Å². The van der Waals surface area contributed by atoms with Gasteiger partial charge in [0.2, 0.25) is 0 Å². The van der Waals surface area contributed by atoms with Crippen LogP contribution in [0.3, 0.4) is 0 Å². The summed E-state index contributed by atoms with van der Waals surface area (Å²) in [4.78, 5) is 7.29. The SMILES string of the molecule is CC1Cc2ccccc2N1c1nc(Cl)c(CO)s1. The number of rotatable bonds is 2. The first-order valence-electron chi connectivity index (χ1n) is 5.84. The van der Waals surface area contributed by atoms with Crippen molar-refractivity contribution in [3.05, 3.63) is 39.9 Å². The molecule has 1 N–H and O–H groups in total. The Morgan fingerprint density at radius 3 is 3.00 bits per heavy atom. The molecule has 1 aliphatic rings. The number of hydrogen-bond acceptors (Lipinski definition) is 4. The summed E-state index contributed by atoms with van der Waals surface area (Å²) in [5.41, 5.74) is 2.53. The molecule has 1 aromatic carbocycles. The average Bonchev–Trinajstić information content (AvgIpc) is 2.88. The summed E-state index contributed by atoms with van der Waals surface area (Å²) in [6.45, 7) is 2.12. The molecule has 0 saturated carbocycles. The maximum absolute atomic E-state index is 9.20. The minimum Gasteiger partial charge on any atom is -0.391 e. The van der Waals surface area contributed by atoms with Crippen molar-refractivity contribution in [2.75, 3.05) is 4.90 Å². The average molecular weight is 281 g/mol. The van der Waals surface area contributed by atoms with Crippen LogP contribution >= 0.6 is 22.9 Å². The molecule has 1 unspecified atom stereocenters. The molecular formula is C13H13ClN2OS. The molecule has 2 aromatic rings. The van der Waals surface area contributed by atoms with Crippen molar-refractivity contribution < 1.29 is 5.11 Å². The number of aliphatic hydroxyl groups excluding tert-OH is 1. The van der Waals surface area contributed by atoms with E-state index in [1.54, 1.807) is 0 Å². The van der Waals surface area contributed by atoms with E-state index in [2.05, 4.69) is 35.0 Å². The summed E-state index contributed by atoms with van der Waals surface area (Å²) in [6, 6.07) is 8.71. The Morgan fingerprint density at radius 1 is 1.50 bits per heavy atom. The van der Waals surface area contributed by atoms with Crippen LogP contribution in [-0.2, 0) is 13.0 Å². The Morgan fingerprint density at radius 2 is 2.28 bits per heavy atom. The predicted molar refractivity (Wildman–Crippen MR) is 74.8 cm³/mol. The van der Waals surface area contributed by atoms with Crippen LogP contribution in [0.4, 0.5) is 10.8 Å². The van der Waals surface area contributed by atoms with Crippen LogP contribution in [-0.4, -0.2) is 16.1 Å². The highest BCUT2D eigenvalue weighted by Gasteiger charge is 2.29. The first-order chi connectivity index (χ1) is 8.70. The second kappa shape index (κ2) is 4.53. The number of thiazole rings is 1. The molecular weight excluding hydrogens is 268 g/mol. The van der Waals surface area contributed by atoms with Crippen LogP contribution in [0.15, 0.2) is 24.3 Å². The van der Waals surface area contributed by atoms with E-state index in [9.17, 15) is 5.11 Å². The molecule has 2 heterocycles. The third-order valence-electron chi connectivity index (χ3n) is 3.20. The highest BCUT2D eigenvalue weighted by atomic mass is 35.5. The zero-order valence-electron chi connectivity index (χ0n) is 9.93. The summed E-state index contributed by atoms with van der Waals surface area (Å²) in [7, 11) is 0. The van der Waals surface area contributed by atoms with Crippen molar-refractivity contribution in [2.45, 2.75) is 26.0 Å². The molecule has 0 radical (unpaired) electrons. The van der Waals surface area contributed by atoms with Gasteiger partial charge in [-0.1, -0.05) is 41.1 Å². The predicted octanol–water partition coefficient (Wildman–Crippen LogP) is 3.37. The first kappa shape index (κ1) is 12.0. The fraction of sp³-hybridized carbons (Fsp3) is 0.308. The van der Waals surface area contributed by atoms with E-state index in [4.69, 9.17) is 11.6 Å². The molecule has 3 nitrogen and oxygen atoms in total. The van der Waals surface area contributed by atoms with Gasteiger partial charge in [0, 0.05) is 11.7 Å². The van der Waals surface area contributed by atoms with Crippen molar-refractivity contribution in [3.63, 3.8) is 0 Å². The van der Waals surface area contributed by atoms with Gasteiger partial charge in [-0.2, -0.15) is 0 Å². The maximum Gasteiger partial charge on any atom is 0.191 e. The number of aliphatic hydroxyl groups is 1. The molecule has 1 aromatic heterocycles. The second-order valence-electron chi connectivity index (χ2n) is 4.42. The molecule has 18 heavy (non-hydrogen) atoms. The summed E-state index contributed by atoms with van der Waals surface area (Å²) in [5.74, 6) is 0. The summed E-state index contributed by atoms with van der Waals surface area (Å²) in [5, 5.41) is 10.5. The molecule has 0 bridgehead atoms. The van der Waals surface area contributed by atoms with Crippen LogP contribution < -0.4 is 4.90 Å². The smallest absolute Gasteiger partial charge is 0.191 e. The van der Waals surface area contributed by atoms with Gasteiger partial charge in [0.05, 0.1) is 11.5 Å². The second-order valence-corrected chi connectivity index (χ2v) is 5.84. The van der Waals surface area contributed by atoms with E-state index in [1.165, 1.54) is 22.6 Å². The lowest BCUT2D eigenvalue weighted by atomic mass is 10.1. The Hall–Kier alpha value is -1.10. The Balaban J connectivity index is 2.06. The van der Waals surface area contributed by atoms with E-state index in [0.717, 1.165) is 16.4 Å². The van der Waals surface area contributed by atoms with Gasteiger partial charge < -0.3 is 10.0 Å². The standard InChI is InChI=1S/C13H13ClN2OS/c1-8-6-9-4-2-3-5-10(9)16(8)13-15-12(14)11(7-17)18-13/h2-5,8,17H,6-7H2,1H3. The van der Waals surface area contributed by atoms with Crippen LogP contribution in [0, 0.1) is 0 Å². The van der Waals surface area contributed by atoms with Crippen molar-refractivity contribution in [1.82, 2.24) is 4.98 Å². The monoisotopic (exact) mass is 280 g/mol. The number of nitrogens with zero attached hydrogens (tertiary/aromatic N) is 2. The number of fused-ring (bicyclic) bond motifs is 1. The summed E-state index contributed by atoms with van der Waals surface area (Å²) in [6.07, 6.45) is 1.02. The zero-order valence-corrected chi connectivity index (χ0v) is 11.5. The Bertz CT molecular complexity index is 584. The van der Waals surface area contributed by atoms with Gasteiger partial charge in [0.1, 0.15) is 5.15 Å². The van der Waals surface area contributed by atoms with E-state index in [-0.39, 0.29) is 6.61 Å². The largest absolute Gasteiger partial charge is 0.391 e. The molecule has 94 valence electrons. The molecule has 1 aliphatic heterocycles. The number of hydrogen-bond donors (Lipinski definition) is 1. The van der Waals surface area contributed by atoms with Gasteiger partial charge in [-0.25, -0.2) is 4.98 Å². The number of aromatic nitrogens is 1. The highest BCUT2D eigenvalue weighted by Crippen LogP contribution is 2.41. The van der Waals surface area contributed by atoms with E-state index >= 15 is 0 Å². The number of anilines is 2. The van der Waals surface area contributed by atoms with E-state index in [0.29, 0.717) is 11.2 Å². The van der Waals surface area contributed by atoms with Crippen molar-refractivity contribution >= 4 is 33.8 Å². The molecule has 0 saturated heterocycles. The molecule has 0 spiro atoms. The van der Waals surface area contributed by atoms with Crippen molar-refractivity contribution in [2.24, 2.45) is 0 Å². The Labute approximate surface area is 115 Å². The van der Waals surface area contributed by atoms with Gasteiger partial charge in [0.25, 0.3) is 0 Å². The van der Waals surface area contributed by atoms with E-state index in [1.807, 2.05) is 6.07 Å². The maximum atomic E-state index is 9.20. The number of benzene rings is 1. The molecule has 5 heteroatoms. The van der Waals surface area contributed by atoms with Crippen LogP contribution in [0.2, 0.25) is 5.15 Å². The van der Waals surface area contributed by atoms with Gasteiger partial charge in [-0.3, -0.25) is 0 Å². The molecule has 0 amide bonds. The van der Waals surface area contributed by atoms with Gasteiger partial charge in [0.15, 0.2) is 5.13 Å². The number of halogens is 1. The fourth-order valence-corrected chi connectivity index (χ4v) is 3.61. The van der Waals surface area contributed by atoms with Crippen LogP contribution in [0.5, 0.6) is 0 Å². The normalized spacial score (nSPS) is 18.2. The summed E-state index contributed by atoms with van der Waals surface area (Å²) < 4.78 is 0. The van der Waals surface area contributed by atoms with E-state index < -0.39 is 0 Å². The third-order valence-corrected chi connectivity index (χ3v) is 4.66. The first-order valence-corrected chi connectivity index (χ1v) is 7.03. The van der Waals surface area contributed by atoms with Crippen molar-refractivity contribution in [3.8, 4) is 0 Å². The quantitative estimate of drug-likeness (QED) is 0.916. The molecule has 0 aliphatic carbocycles. The fourth-order valence-electron chi connectivity index (χ4n) is 2.38. The lowest BCUT2D eigenvalue weighted by Gasteiger charge is -2.21. The highest BCUT2D eigenvalue weighted by molar-refractivity contribution is 7.16.